The van der Waals surface area contributed by atoms with Crippen LogP contribution in [0.15, 0.2) is 24.3 Å². The van der Waals surface area contributed by atoms with Crippen LogP contribution in [0.4, 0.5) is 13.2 Å². The van der Waals surface area contributed by atoms with Gasteiger partial charge in [0, 0.05) is 40.7 Å². The van der Waals surface area contributed by atoms with E-state index in [1.807, 2.05) is 30.3 Å². The van der Waals surface area contributed by atoms with E-state index in [0.717, 1.165) is 35.6 Å². The summed E-state index contributed by atoms with van der Waals surface area (Å²) < 4.78 is 44.1. The zero-order chi connectivity index (χ0) is 23.8. The van der Waals surface area contributed by atoms with E-state index in [0.29, 0.717) is 30.5 Å². The van der Waals surface area contributed by atoms with Crippen LogP contribution in [0, 0.1) is 5.92 Å². The third-order valence-electron chi connectivity index (χ3n) is 6.52. The molecule has 1 aromatic carbocycles. The van der Waals surface area contributed by atoms with Crippen molar-refractivity contribution < 1.29 is 22.7 Å². The summed E-state index contributed by atoms with van der Waals surface area (Å²) in [6.45, 7) is 6.17. The molecule has 0 saturated carbocycles. The zero-order valence-electron chi connectivity index (χ0n) is 19.2. The smallest absolute Gasteiger partial charge is 0.406 e. The zero-order valence-corrected chi connectivity index (χ0v) is 20.0. The van der Waals surface area contributed by atoms with Crippen molar-refractivity contribution in [2.75, 3.05) is 11.5 Å². The molecule has 33 heavy (non-hydrogen) atoms. The number of benzene rings is 1. The van der Waals surface area contributed by atoms with E-state index >= 15 is 0 Å². The quantitative estimate of drug-likeness (QED) is 0.610. The molecule has 1 amide bonds. The van der Waals surface area contributed by atoms with Gasteiger partial charge in [0.05, 0.1) is 5.69 Å². The van der Waals surface area contributed by atoms with Gasteiger partial charge in [-0.25, -0.2) is 0 Å². The van der Waals surface area contributed by atoms with E-state index in [4.69, 9.17) is 5.10 Å². The molecule has 1 atom stereocenters. The molecule has 1 fully saturated rings. The highest BCUT2D eigenvalue weighted by Gasteiger charge is 2.36. The van der Waals surface area contributed by atoms with Crippen molar-refractivity contribution in [1.29, 1.82) is 0 Å². The Morgan fingerprint density at radius 2 is 2.03 bits per heavy atom. The molecule has 1 aliphatic heterocycles. The van der Waals surface area contributed by atoms with Gasteiger partial charge in [-0.15, -0.1) is 13.2 Å². The Bertz CT molecular complexity index is 1010. The number of carbonyl (C=O) groups is 1. The Hall–Kier alpha value is -2.16. The Morgan fingerprint density at radius 1 is 1.30 bits per heavy atom. The number of amides is 1. The van der Waals surface area contributed by atoms with Crippen LogP contribution >= 0.6 is 11.8 Å². The molecule has 1 saturated heterocycles. The first-order chi connectivity index (χ1) is 15.5. The van der Waals surface area contributed by atoms with Gasteiger partial charge in [-0.05, 0) is 70.1 Å². The molecule has 0 bridgehead atoms. The summed E-state index contributed by atoms with van der Waals surface area (Å²) in [6, 6.07) is 6.02. The van der Waals surface area contributed by atoms with Crippen molar-refractivity contribution in [3.63, 3.8) is 0 Å². The first-order valence-electron chi connectivity index (χ1n) is 11.4. The molecule has 1 aliphatic carbocycles. The Balaban J connectivity index is 1.59. The van der Waals surface area contributed by atoms with Gasteiger partial charge in [0.2, 0.25) is 5.91 Å². The standard InChI is InChI=1S/C24H30F3N3O2S/c1-15(2)30-20-14-17(22(31)28-23(3)9-11-33-12-10-23)7-8-19(20)21(29-30)16-5-4-6-18(13-16)32-24(25,26)27/h4-6,13,15,17H,7-12,14H2,1-3H3,(H,28,31). The summed E-state index contributed by atoms with van der Waals surface area (Å²) >= 11 is 1.93. The van der Waals surface area contributed by atoms with Crippen LogP contribution in [-0.4, -0.2) is 39.1 Å². The number of fused-ring (bicyclic) bond motifs is 1. The minimum atomic E-state index is -4.75. The Kier molecular flexibility index (Phi) is 6.71. The van der Waals surface area contributed by atoms with Crippen molar-refractivity contribution in [3.05, 3.63) is 35.5 Å². The van der Waals surface area contributed by atoms with Gasteiger partial charge in [-0.3, -0.25) is 9.48 Å². The number of carbonyl (C=O) groups excluding carboxylic acids is 1. The molecule has 5 nitrogen and oxygen atoms in total. The fourth-order valence-electron chi connectivity index (χ4n) is 4.71. The van der Waals surface area contributed by atoms with E-state index < -0.39 is 6.36 Å². The molecule has 180 valence electrons. The summed E-state index contributed by atoms with van der Waals surface area (Å²) in [5, 5.41) is 8.07. The first kappa shape index (κ1) is 24.0. The SMILES string of the molecule is CC(C)n1nc(-c2cccc(OC(F)(F)F)c2)c2c1CC(C(=O)NC1(C)CCSCC1)CC2. The molecular weight excluding hydrogens is 451 g/mol. The Morgan fingerprint density at radius 3 is 2.70 bits per heavy atom. The number of thioether (sulfide) groups is 1. The van der Waals surface area contributed by atoms with Gasteiger partial charge in [-0.1, -0.05) is 12.1 Å². The van der Waals surface area contributed by atoms with Crippen LogP contribution < -0.4 is 10.1 Å². The fraction of sp³-hybridized carbons (Fsp3) is 0.583. The second-order valence-electron chi connectivity index (χ2n) is 9.49. The number of nitrogens with one attached hydrogen (secondary N) is 1. The number of aromatic nitrogens is 2. The molecule has 2 aliphatic rings. The van der Waals surface area contributed by atoms with Gasteiger partial charge < -0.3 is 10.1 Å². The molecule has 2 aromatic rings. The lowest BCUT2D eigenvalue weighted by Gasteiger charge is -2.36. The van der Waals surface area contributed by atoms with Crippen molar-refractivity contribution >= 4 is 17.7 Å². The highest BCUT2D eigenvalue weighted by molar-refractivity contribution is 7.99. The maximum absolute atomic E-state index is 13.1. The summed E-state index contributed by atoms with van der Waals surface area (Å²) in [5.74, 6) is 1.82. The van der Waals surface area contributed by atoms with Crippen LogP contribution in [0.1, 0.15) is 57.3 Å². The predicted molar refractivity (Wildman–Crippen MR) is 123 cm³/mol. The highest BCUT2D eigenvalue weighted by Crippen LogP contribution is 2.37. The average Bonchev–Trinajstić information content (AvgIpc) is 3.12. The van der Waals surface area contributed by atoms with Crippen LogP contribution in [0.3, 0.4) is 0 Å². The average molecular weight is 482 g/mol. The lowest BCUT2D eigenvalue weighted by atomic mass is 9.84. The maximum atomic E-state index is 13.1. The number of ether oxygens (including phenoxy) is 1. The summed E-state index contributed by atoms with van der Waals surface area (Å²) in [6.07, 6.45) is -0.858. The predicted octanol–water partition coefficient (Wildman–Crippen LogP) is 5.54. The molecule has 1 unspecified atom stereocenters. The highest BCUT2D eigenvalue weighted by atomic mass is 32.2. The normalized spacial score (nSPS) is 20.4. The Labute approximate surface area is 196 Å². The number of hydrogen-bond donors (Lipinski definition) is 1. The van der Waals surface area contributed by atoms with Crippen molar-refractivity contribution in [1.82, 2.24) is 15.1 Å². The number of alkyl halides is 3. The number of hydrogen-bond acceptors (Lipinski definition) is 4. The summed E-state index contributed by atoms with van der Waals surface area (Å²) in [5.41, 5.74) is 3.12. The first-order valence-corrected chi connectivity index (χ1v) is 12.6. The second kappa shape index (κ2) is 9.24. The van der Waals surface area contributed by atoms with Crippen LogP contribution in [0.5, 0.6) is 5.75 Å². The van der Waals surface area contributed by atoms with Gasteiger partial charge in [0.15, 0.2) is 0 Å². The minimum absolute atomic E-state index is 0.0665. The molecule has 0 spiro atoms. The molecular formula is C24H30F3N3O2S. The molecule has 9 heteroatoms. The van der Waals surface area contributed by atoms with Gasteiger partial charge in [0.1, 0.15) is 5.75 Å². The summed E-state index contributed by atoms with van der Waals surface area (Å²) in [4.78, 5) is 13.1. The van der Waals surface area contributed by atoms with Gasteiger partial charge in [0.25, 0.3) is 0 Å². The monoisotopic (exact) mass is 481 g/mol. The third kappa shape index (κ3) is 5.50. The van der Waals surface area contributed by atoms with E-state index in [-0.39, 0.29) is 29.2 Å². The van der Waals surface area contributed by atoms with Crippen molar-refractivity contribution in [2.24, 2.45) is 5.92 Å². The van der Waals surface area contributed by atoms with Crippen LogP contribution in [0.2, 0.25) is 0 Å². The van der Waals surface area contributed by atoms with Crippen molar-refractivity contribution in [3.8, 4) is 17.0 Å². The van der Waals surface area contributed by atoms with Crippen LogP contribution in [-0.2, 0) is 17.6 Å². The summed E-state index contributed by atoms with van der Waals surface area (Å²) in [7, 11) is 0. The molecule has 1 aromatic heterocycles. The minimum Gasteiger partial charge on any atom is -0.406 e. The molecule has 1 N–H and O–H groups in total. The van der Waals surface area contributed by atoms with Crippen molar-refractivity contribution in [2.45, 2.75) is 70.8 Å². The van der Waals surface area contributed by atoms with Crippen LogP contribution in [0.25, 0.3) is 11.3 Å². The lowest BCUT2D eigenvalue weighted by molar-refractivity contribution is -0.274. The van der Waals surface area contributed by atoms with E-state index in [2.05, 4.69) is 17.0 Å². The lowest BCUT2D eigenvalue weighted by Crippen LogP contribution is -2.51. The van der Waals surface area contributed by atoms with E-state index in [1.54, 1.807) is 12.1 Å². The number of rotatable bonds is 5. The van der Waals surface area contributed by atoms with E-state index in [9.17, 15) is 18.0 Å². The third-order valence-corrected chi connectivity index (χ3v) is 7.51. The molecule has 4 rings (SSSR count). The molecule has 0 radical (unpaired) electrons. The van der Waals surface area contributed by atoms with Gasteiger partial charge >= 0.3 is 6.36 Å². The number of nitrogens with zero attached hydrogens (tertiary/aromatic N) is 2. The second-order valence-corrected chi connectivity index (χ2v) is 10.7. The van der Waals surface area contributed by atoms with Gasteiger partial charge in [-0.2, -0.15) is 16.9 Å². The maximum Gasteiger partial charge on any atom is 0.573 e. The topological polar surface area (TPSA) is 56.2 Å². The largest absolute Gasteiger partial charge is 0.573 e. The number of halogens is 3. The fourth-order valence-corrected chi connectivity index (χ4v) is 6.10. The molecule has 2 heterocycles. The van der Waals surface area contributed by atoms with E-state index in [1.165, 1.54) is 12.1 Å².